The number of β-lactam (4-membered cyclic amide) rings is 1. The fourth-order valence-corrected chi connectivity index (χ4v) is 4.67. The highest BCUT2D eigenvalue weighted by atomic mass is 16.6. The molecule has 1 aliphatic rings. The van der Waals surface area contributed by atoms with E-state index in [1.165, 1.54) is 4.90 Å². The van der Waals surface area contributed by atoms with Crippen molar-refractivity contribution in [2.75, 3.05) is 20.3 Å². The van der Waals surface area contributed by atoms with Crippen molar-refractivity contribution < 1.29 is 33.3 Å². The molecule has 0 saturated carbocycles. The topological polar surface area (TPSA) is 91.4 Å². The van der Waals surface area contributed by atoms with Crippen molar-refractivity contribution in [3.8, 4) is 5.75 Å². The number of esters is 2. The van der Waals surface area contributed by atoms with Gasteiger partial charge in [0.2, 0.25) is 5.91 Å². The van der Waals surface area contributed by atoms with E-state index in [9.17, 15) is 14.4 Å². The molecule has 2 aromatic rings. The summed E-state index contributed by atoms with van der Waals surface area (Å²) in [5.74, 6) is -0.840. The van der Waals surface area contributed by atoms with Crippen LogP contribution in [-0.2, 0) is 41.7 Å². The first-order valence-electron chi connectivity index (χ1n) is 12.4. The van der Waals surface area contributed by atoms with Gasteiger partial charge in [-0.15, -0.1) is 0 Å². The molecule has 0 spiro atoms. The van der Waals surface area contributed by atoms with Gasteiger partial charge in [-0.2, -0.15) is 0 Å². The summed E-state index contributed by atoms with van der Waals surface area (Å²) in [6.07, 6.45) is -0.282. The number of likely N-dealkylation sites (tertiary alicyclic amines) is 1. The molecule has 1 aliphatic heterocycles. The lowest BCUT2D eigenvalue weighted by atomic mass is 9.59. The summed E-state index contributed by atoms with van der Waals surface area (Å²) in [4.78, 5) is 41.7. The molecule has 3 rings (SSSR count). The number of rotatable bonds is 11. The van der Waals surface area contributed by atoms with Crippen LogP contribution in [0.25, 0.3) is 0 Å². The standard InChI is InChI=1S/C29H37NO7/c1-7-36-26(33)29(20-35-19-22-11-9-8-10-12-22)28(5,17-24(31)37-27(2,3)4)25(32)30(29)18-21-13-15-23(34-6)16-14-21/h8-16H,7,17-20H2,1-6H3/t28?,29-/m1/s1. The van der Waals surface area contributed by atoms with Crippen LogP contribution in [0.4, 0.5) is 0 Å². The zero-order valence-electron chi connectivity index (χ0n) is 22.5. The van der Waals surface area contributed by atoms with E-state index in [4.69, 9.17) is 18.9 Å². The molecule has 0 aromatic heterocycles. The van der Waals surface area contributed by atoms with E-state index in [-0.39, 0.29) is 38.7 Å². The Bertz CT molecular complexity index is 1090. The van der Waals surface area contributed by atoms with E-state index >= 15 is 0 Å². The average molecular weight is 512 g/mol. The molecule has 37 heavy (non-hydrogen) atoms. The van der Waals surface area contributed by atoms with Crippen molar-refractivity contribution in [3.05, 3.63) is 65.7 Å². The smallest absolute Gasteiger partial charge is 0.335 e. The van der Waals surface area contributed by atoms with Crippen molar-refractivity contribution in [3.63, 3.8) is 0 Å². The van der Waals surface area contributed by atoms with Crippen molar-refractivity contribution in [1.29, 1.82) is 0 Å². The zero-order chi connectivity index (χ0) is 27.3. The van der Waals surface area contributed by atoms with E-state index in [1.54, 1.807) is 53.9 Å². The monoisotopic (exact) mass is 511 g/mol. The van der Waals surface area contributed by atoms with Gasteiger partial charge < -0.3 is 23.8 Å². The second kappa shape index (κ2) is 11.3. The number of hydrogen-bond acceptors (Lipinski definition) is 7. The number of hydrogen-bond donors (Lipinski definition) is 0. The van der Waals surface area contributed by atoms with Crippen LogP contribution in [0.5, 0.6) is 5.75 Å². The summed E-state index contributed by atoms with van der Waals surface area (Å²) < 4.78 is 22.3. The summed E-state index contributed by atoms with van der Waals surface area (Å²) in [6.45, 7) is 8.94. The Labute approximate surface area is 218 Å². The summed E-state index contributed by atoms with van der Waals surface area (Å²) in [7, 11) is 1.58. The molecule has 2 atom stereocenters. The van der Waals surface area contributed by atoms with E-state index in [0.29, 0.717) is 5.75 Å². The van der Waals surface area contributed by atoms with Crippen LogP contribution >= 0.6 is 0 Å². The molecule has 2 aromatic carbocycles. The summed E-state index contributed by atoms with van der Waals surface area (Å²) in [5.41, 5.74) is -1.96. The van der Waals surface area contributed by atoms with Crippen LogP contribution in [0.3, 0.4) is 0 Å². The highest BCUT2D eigenvalue weighted by Crippen LogP contribution is 2.53. The number of amides is 1. The first-order chi connectivity index (χ1) is 17.5. The Morgan fingerprint density at radius 1 is 0.973 bits per heavy atom. The third kappa shape index (κ3) is 5.96. The molecule has 200 valence electrons. The fraction of sp³-hybridized carbons (Fsp3) is 0.483. The predicted octanol–water partition coefficient (Wildman–Crippen LogP) is 4.29. The van der Waals surface area contributed by atoms with Gasteiger partial charge in [0.05, 0.1) is 38.8 Å². The van der Waals surface area contributed by atoms with E-state index in [0.717, 1.165) is 11.1 Å². The van der Waals surface area contributed by atoms with Crippen molar-refractivity contribution >= 4 is 17.8 Å². The van der Waals surface area contributed by atoms with Crippen LogP contribution in [0.1, 0.15) is 52.2 Å². The lowest BCUT2D eigenvalue weighted by Crippen LogP contribution is -2.82. The molecule has 0 radical (unpaired) electrons. The molecule has 0 N–H and O–H groups in total. The first-order valence-corrected chi connectivity index (χ1v) is 12.4. The summed E-state index contributed by atoms with van der Waals surface area (Å²) in [5, 5.41) is 0. The van der Waals surface area contributed by atoms with Crippen molar-refractivity contribution in [2.45, 2.75) is 65.3 Å². The van der Waals surface area contributed by atoms with Crippen LogP contribution in [0.2, 0.25) is 0 Å². The Morgan fingerprint density at radius 2 is 1.62 bits per heavy atom. The van der Waals surface area contributed by atoms with Gasteiger partial charge in [-0.05, 0) is 57.9 Å². The molecular formula is C29H37NO7. The maximum Gasteiger partial charge on any atom is 0.335 e. The van der Waals surface area contributed by atoms with Gasteiger partial charge in [0.15, 0.2) is 5.54 Å². The largest absolute Gasteiger partial charge is 0.497 e. The number of ether oxygens (including phenoxy) is 4. The highest BCUT2D eigenvalue weighted by Gasteiger charge is 2.74. The Kier molecular flexibility index (Phi) is 8.64. The van der Waals surface area contributed by atoms with Crippen LogP contribution < -0.4 is 4.74 Å². The maximum absolute atomic E-state index is 13.7. The van der Waals surface area contributed by atoms with Gasteiger partial charge in [-0.3, -0.25) is 9.59 Å². The Balaban J connectivity index is 1.98. The molecule has 1 fully saturated rings. The molecule has 1 unspecified atom stereocenters. The predicted molar refractivity (Wildman–Crippen MR) is 138 cm³/mol. The number of carbonyl (C=O) groups excluding carboxylic acids is 3. The Hall–Kier alpha value is -3.39. The third-order valence-electron chi connectivity index (χ3n) is 6.54. The van der Waals surface area contributed by atoms with Gasteiger partial charge in [0, 0.05) is 6.54 Å². The second-order valence-electron chi connectivity index (χ2n) is 10.4. The average Bonchev–Trinajstić information content (AvgIpc) is 2.85. The number of carbonyl (C=O) groups is 3. The fourth-order valence-electron chi connectivity index (χ4n) is 4.67. The molecule has 1 amide bonds. The number of benzene rings is 2. The van der Waals surface area contributed by atoms with E-state index in [1.807, 2.05) is 42.5 Å². The van der Waals surface area contributed by atoms with Crippen LogP contribution in [0.15, 0.2) is 54.6 Å². The van der Waals surface area contributed by atoms with Gasteiger partial charge in [0.25, 0.3) is 0 Å². The first kappa shape index (κ1) is 28.2. The Morgan fingerprint density at radius 3 is 2.19 bits per heavy atom. The molecule has 0 bridgehead atoms. The van der Waals surface area contributed by atoms with Crippen molar-refractivity contribution in [2.24, 2.45) is 5.41 Å². The van der Waals surface area contributed by atoms with Gasteiger partial charge in [0.1, 0.15) is 11.4 Å². The molecule has 8 heteroatoms. The van der Waals surface area contributed by atoms with Crippen LogP contribution in [-0.4, -0.2) is 54.2 Å². The maximum atomic E-state index is 13.7. The minimum absolute atomic E-state index is 0.117. The van der Waals surface area contributed by atoms with Gasteiger partial charge >= 0.3 is 11.9 Å². The number of methoxy groups -OCH3 is 1. The summed E-state index contributed by atoms with van der Waals surface area (Å²) >= 11 is 0. The molecule has 1 saturated heterocycles. The zero-order valence-corrected chi connectivity index (χ0v) is 22.5. The minimum Gasteiger partial charge on any atom is -0.497 e. The molecule has 8 nitrogen and oxygen atoms in total. The lowest BCUT2D eigenvalue weighted by molar-refractivity contribution is -0.222. The van der Waals surface area contributed by atoms with Crippen LogP contribution in [0, 0.1) is 5.41 Å². The van der Waals surface area contributed by atoms with E-state index in [2.05, 4.69) is 0 Å². The SMILES string of the molecule is CCOC(=O)[C@@]1(COCc2ccccc2)N(Cc2ccc(OC)cc2)C(=O)C1(C)CC(=O)OC(C)(C)C. The number of nitrogens with zero attached hydrogens (tertiary/aromatic N) is 1. The van der Waals surface area contributed by atoms with Gasteiger partial charge in [-0.25, -0.2) is 4.79 Å². The normalized spacial score (nSPS) is 21.2. The highest BCUT2D eigenvalue weighted by molar-refractivity contribution is 6.05. The minimum atomic E-state index is -1.52. The van der Waals surface area contributed by atoms with Gasteiger partial charge in [-0.1, -0.05) is 42.5 Å². The summed E-state index contributed by atoms with van der Waals surface area (Å²) in [6, 6.07) is 16.8. The second-order valence-corrected chi connectivity index (χ2v) is 10.4. The van der Waals surface area contributed by atoms with Crippen molar-refractivity contribution in [1.82, 2.24) is 4.90 Å². The quantitative estimate of drug-likeness (QED) is 0.328. The molecule has 1 heterocycles. The van der Waals surface area contributed by atoms with E-state index < -0.39 is 28.5 Å². The molecule has 0 aliphatic carbocycles. The third-order valence-corrected chi connectivity index (χ3v) is 6.54. The lowest BCUT2D eigenvalue weighted by Gasteiger charge is -2.61. The molecular weight excluding hydrogens is 474 g/mol.